The second-order valence-corrected chi connectivity index (χ2v) is 4.57. The fraction of sp³-hybridized carbons (Fsp3) is 0. The van der Waals surface area contributed by atoms with Crippen molar-refractivity contribution in [3.8, 4) is 11.3 Å². The first kappa shape index (κ1) is 11.7. The maximum Gasteiger partial charge on any atom is 0.233 e. The van der Waals surface area contributed by atoms with E-state index in [4.69, 9.17) is 4.42 Å². The maximum atomic E-state index is 12.5. The van der Waals surface area contributed by atoms with E-state index < -0.39 is 0 Å². The predicted octanol–water partition coefficient (Wildman–Crippen LogP) is 2.80. The fourth-order valence-electron chi connectivity index (χ4n) is 2.35. The highest BCUT2D eigenvalue weighted by atomic mass is 16.3. The molecule has 0 radical (unpaired) electrons. The summed E-state index contributed by atoms with van der Waals surface area (Å²) in [5, 5.41) is 0.878. The van der Waals surface area contributed by atoms with E-state index in [2.05, 4.69) is 15.0 Å². The average Bonchev–Trinajstić information content (AvgIpc) is 2.56. The van der Waals surface area contributed by atoms with Gasteiger partial charge >= 0.3 is 0 Å². The molecule has 0 aliphatic rings. The molecule has 0 atom stereocenters. The second-order valence-electron chi connectivity index (χ2n) is 4.57. The van der Waals surface area contributed by atoms with E-state index in [0.29, 0.717) is 16.4 Å². The molecule has 4 aromatic rings. The highest BCUT2D eigenvalue weighted by Crippen LogP contribution is 2.27. The molecular weight excluding hydrogens is 266 g/mol. The number of nitrogens with zero attached hydrogens (tertiary/aromatic N) is 3. The number of pyridine rings is 1. The molecule has 4 rings (SSSR count). The summed E-state index contributed by atoms with van der Waals surface area (Å²) in [7, 11) is 0. The Morgan fingerprint density at radius 1 is 0.952 bits per heavy atom. The number of para-hydroxylation sites is 1. The van der Waals surface area contributed by atoms with Gasteiger partial charge in [-0.05, 0) is 24.3 Å². The molecule has 0 saturated carbocycles. The zero-order valence-electron chi connectivity index (χ0n) is 10.9. The van der Waals surface area contributed by atoms with Gasteiger partial charge in [0.25, 0.3) is 0 Å². The SMILES string of the molecule is O=c1c2cncnc2oc2c(-c3ccccn3)cccc12. The molecule has 100 valence electrons. The van der Waals surface area contributed by atoms with Crippen molar-refractivity contribution >= 4 is 22.1 Å². The van der Waals surface area contributed by atoms with Crippen LogP contribution in [0.15, 0.2) is 64.3 Å². The van der Waals surface area contributed by atoms with Crippen LogP contribution in [0.4, 0.5) is 0 Å². The first-order valence-corrected chi connectivity index (χ1v) is 6.41. The van der Waals surface area contributed by atoms with Crippen molar-refractivity contribution < 1.29 is 4.42 Å². The van der Waals surface area contributed by atoms with Crippen molar-refractivity contribution in [2.24, 2.45) is 0 Å². The topological polar surface area (TPSA) is 68.9 Å². The lowest BCUT2D eigenvalue weighted by molar-refractivity contribution is 0.644. The number of hydrogen-bond donors (Lipinski definition) is 0. The van der Waals surface area contributed by atoms with Crippen molar-refractivity contribution in [2.75, 3.05) is 0 Å². The monoisotopic (exact) mass is 275 g/mol. The summed E-state index contributed by atoms with van der Waals surface area (Å²) in [6.07, 6.45) is 4.54. The molecule has 1 aromatic carbocycles. The second kappa shape index (κ2) is 4.49. The van der Waals surface area contributed by atoms with E-state index in [9.17, 15) is 4.79 Å². The van der Waals surface area contributed by atoms with Crippen LogP contribution in [0.2, 0.25) is 0 Å². The predicted molar refractivity (Wildman–Crippen MR) is 78.8 cm³/mol. The lowest BCUT2D eigenvalue weighted by Crippen LogP contribution is -2.04. The molecule has 0 aliphatic carbocycles. The van der Waals surface area contributed by atoms with Crippen molar-refractivity contribution in [1.82, 2.24) is 15.0 Å². The molecule has 3 aromatic heterocycles. The molecule has 5 heteroatoms. The summed E-state index contributed by atoms with van der Waals surface area (Å²) in [6, 6.07) is 11.0. The summed E-state index contributed by atoms with van der Waals surface area (Å²) in [5.74, 6) is 0. The normalized spacial score (nSPS) is 11.0. The zero-order chi connectivity index (χ0) is 14.2. The fourth-order valence-corrected chi connectivity index (χ4v) is 2.35. The first-order valence-electron chi connectivity index (χ1n) is 6.41. The highest BCUT2D eigenvalue weighted by molar-refractivity contribution is 5.95. The third-order valence-corrected chi connectivity index (χ3v) is 3.32. The van der Waals surface area contributed by atoms with E-state index >= 15 is 0 Å². The Morgan fingerprint density at radius 2 is 1.90 bits per heavy atom. The zero-order valence-corrected chi connectivity index (χ0v) is 10.9. The van der Waals surface area contributed by atoms with Crippen molar-refractivity contribution in [3.05, 3.63) is 65.3 Å². The van der Waals surface area contributed by atoms with Gasteiger partial charge in [0.05, 0.1) is 11.1 Å². The Balaban J connectivity index is 2.18. The van der Waals surface area contributed by atoms with Crippen LogP contribution in [-0.2, 0) is 0 Å². The van der Waals surface area contributed by atoms with Gasteiger partial charge < -0.3 is 4.42 Å². The van der Waals surface area contributed by atoms with Crippen LogP contribution in [0.25, 0.3) is 33.3 Å². The molecule has 0 spiro atoms. The Kier molecular flexibility index (Phi) is 2.50. The van der Waals surface area contributed by atoms with Crippen LogP contribution in [0.5, 0.6) is 0 Å². The smallest absolute Gasteiger partial charge is 0.233 e. The Bertz CT molecular complexity index is 1010. The van der Waals surface area contributed by atoms with Crippen LogP contribution in [0, 0.1) is 0 Å². The minimum absolute atomic E-state index is 0.135. The summed E-state index contributed by atoms with van der Waals surface area (Å²) < 4.78 is 5.82. The minimum Gasteiger partial charge on any atom is -0.437 e. The molecule has 0 saturated heterocycles. The molecule has 0 amide bonds. The minimum atomic E-state index is -0.135. The quantitative estimate of drug-likeness (QED) is 0.500. The third kappa shape index (κ3) is 1.79. The first-order chi connectivity index (χ1) is 10.3. The van der Waals surface area contributed by atoms with E-state index in [1.165, 1.54) is 12.5 Å². The lowest BCUT2D eigenvalue weighted by Gasteiger charge is -2.05. The molecule has 0 fully saturated rings. The number of aromatic nitrogens is 3. The van der Waals surface area contributed by atoms with Crippen LogP contribution in [-0.4, -0.2) is 15.0 Å². The summed E-state index contributed by atoms with van der Waals surface area (Å²) in [6.45, 7) is 0. The maximum absolute atomic E-state index is 12.5. The van der Waals surface area contributed by atoms with Gasteiger partial charge in [0.2, 0.25) is 11.1 Å². The van der Waals surface area contributed by atoms with E-state index in [-0.39, 0.29) is 11.1 Å². The molecular formula is C16H9N3O2. The summed E-state index contributed by atoms with van der Waals surface area (Å²) >= 11 is 0. The van der Waals surface area contributed by atoms with E-state index in [1.54, 1.807) is 12.3 Å². The van der Waals surface area contributed by atoms with Crippen LogP contribution in [0.1, 0.15) is 0 Å². The standard InChI is InChI=1S/C16H9N3O2/c20-14-11-5-3-4-10(13-6-1-2-7-18-13)15(11)21-16-12(14)8-17-9-19-16/h1-9H. The third-order valence-electron chi connectivity index (χ3n) is 3.32. The van der Waals surface area contributed by atoms with Gasteiger partial charge in [0.1, 0.15) is 17.3 Å². The van der Waals surface area contributed by atoms with Crippen LogP contribution in [0.3, 0.4) is 0 Å². The van der Waals surface area contributed by atoms with Gasteiger partial charge in [-0.15, -0.1) is 0 Å². The molecule has 0 bridgehead atoms. The van der Waals surface area contributed by atoms with Crippen molar-refractivity contribution in [2.45, 2.75) is 0 Å². The van der Waals surface area contributed by atoms with E-state index in [1.807, 2.05) is 30.3 Å². The Hall–Kier alpha value is -3.08. The molecule has 21 heavy (non-hydrogen) atoms. The van der Waals surface area contributed by atoms with Gasteiger partial charge in [-0.1, -0.05) is 12.1 Å². The number of rotatable bonds is 1. The Morgan fingerprint density at radius 3 is 2.76 bits per heavy atom. The van der Waals surface area contributed by atoms with Gasteiger partial charge in [0.15, 0.2) is 0 Å². The van der Waals surface area contributed by atoms with Gasteiger partial charge in [-0.3, -0.25) is 9.78 Å². The van der Waals surface area contributed by atoms with Gasteiger partial charge in [-0.25, -0.2) is 9.97 Å². The van der Waals surface area contributed by atoms with Crippen molar-refractivity contribution in [1.29, 1.82) is 0 Å². The number of hydrogen-bond acceptors (Lipinski definition) is 5. The molecule has 5 nitrogen and oxygen atoms in total. The van der Waals surface area contributed by atoms with Gasteiger partial charge in [0, 0.05) is 18.0 Å². The summed E-state index contributed by atoms with van der Waals surface area (Å²) in [4.78, 5) is 24.7. The van der Waals surface area contributed by atoms with Gasteiger partial charge in [-0.2, -0.15) is 0 Å². The Labute approximate surface area is 118 Å². The van der Waals surface area contributed by atoms with E-state index in [0.717, 1.165) is 11.3 Å². The van der Waals surface area contributed by atoms with Crippen LogP contribution < -0.4 is 5.43 Å². The summed E-state index contributed by atoms with van der Waals surface area (Å²) in [5.41, 5.74) is 2.16. The number of fused-ring (bicyclic) bond motifs is 2. The van der Waals surface area contributed by atoms with Crippen LogP contribution >= 0.6 is 0 Å². The van der Waals surface area contributed by atoms with Crippen molar-refractivity contribution in [3.63, 3.8) is 0 Å². The molecule has 3 heterocycles. The highest BCUT2D eigenvalue weighted by Gasteiger charge is 2.13. The number of benzene rings is 1. The lowest BCUT2D eigenvalue weighted by atomic mass is 10.1. The average molecular weight is 275 g/mol. The molecule has 0 unspecified atom stereocenters. The molecule has 0 N–H and O–H groups in total. The largest absolute Gasteiger partial charge is 0.437 e. The molecule has 0 aliphatic heterocycles.